The van der Waals surface area contributed by atoms with E-state index in [9.17, 15) is 8.42 Å². The molecule has 9 heteroatoms. The van der Waals surface area contributed by atoms with E-state index < -0.39 is 10.0 Å². The smallest absolute Gasteiger partial charge is 0.266 e. The normalized spacial score (nSPS) is 16.9. The first-order valence-electron chi connectivity index (χ1n) is 8.71. The van der Waals surface area contributed by atoms with Crippen molar-refractivity contribution >= 4 is 27.3 Å². The van der Waals surface area contributed by atoms with Gasteiger partial charge < -0.3 is 4.98 Å². The van der Waals surface area contributed by atoms with E-state index in [0.717, 1.165) is 36.1 Å². The second-order valence-corrected chi connectivity index (χ2v) is 8.72. The van der Waals surface area contributed by atoms with Gasteiger partial charge in [-0.3, -0.25) is 9.40 Å². The highest BCUT2D eigenvalue weighted by Crippen LogP contribution is 2.39. The number of aromatic amines is 1. The highest BCUT2D eigenvalue weighted by Gasteiger charge is 2.29. The summed E-state index contributed by atoms with van der Waals surface area (Å²) >= 11 is 6.17. The molecule has 3 aromatic rings. The van der Waals surface area contributed by atoms with Crippen molar-refractivity contribution < 1.29 is 8.42 Å². The predicted octanol–water partition coefficient (Wildman–Crippen LogP) is 3.37. The third-order valence-electron chi connectivity index (χ3n) is 5.00. The standard InChI is InChI=1S/C18H20ClN5O2S/c1-11-17(18(19)24(2)22-11)27(25,26)23-15-8-4-5-12-13(15)6-3-7-14(12)16-9-20-10-21-16/h4-5,8-10,14,23H,3,6-7H2,1-2H3,(H,20,21). The van der Waals surface area contributed by atoms with Crippen molar-refractivity contribution in [3.63, 3.8) is 0 Å². The van der Waals surface area contributed by atoms with Gasteiger partial charge in [-0.2, -0.15) is 5.10 Å². The fraction of sp³-hybridized carbons (Fsp3) is 0.333. The number of nitrogens with zero attached hydrogens (tertiary/aromatic N) is 3. The van der Waals surface area contributed by atoms with Gasteiger partial charge in [0.1, 0.15) is 10.0 Å². The fourth-order valence-electron chi connectivity index (χ4n) is 3.83. The summed E-state index contributed by atoms with van der Waals surface area (Å²) in [5.74, 6) is 0.160. The number of H-pyrrole nitrogens is 1. The largest absolute Gasteiger partial charge is 0.351 e. The van der Waals surface area contributed by atoms with E-state index >= 15 is 0 Å². The molecule has 0 spiro atoms. The van der Waals surface area contributed by atoms with E-state index in [4.69, 9.17) is 11.6 Å². The Kier molecular flexibility index (Phi) is 4.47. The number of anilines is 1. The Morgan fingerprint density at radius 1 is 1.37 bits per heavy atom. The number of aryl methyl sites for hydroxylation is 2. The van der Waals surface area contributed by atoms with Crippen molar-refractivity contribution in [2.75, 3.05) is 4.72 Å². The lowest BCUT2D eigenvalue weighted by Crippen LogP contribution is -2.18. The van der Waals surface area contributed by atoms with Crippen LogP contribution in [0.1, 0.15) is 41.3 Å². The second-order valence-electron chi connectivity index (χ2n) is 6.75. The quantitative estimate of drug-likeness (QED) is 0.695. The zero-order valence-corrected chi connectivity index (χ0v) is 16.6. The van der Waals surface area contributed by atoms with E-state index in [-0.39, 0.29) is 16.0 Å². The molecule has 1 aliphatic carbocycles. The molecule has 2 aromatic heterocycles. The lowest BCUT2D eigenvalue weighted by Gasteiger charge is -2.26. The molecule has 0 amide bonds. The molecule has 1 unspecified atom stereocenters. The summed E-state index contributed by atoms with van der Waals surface area (Å²) in [6.45, 7) is 1.63. The molecule has 27 heavy (non-hydrogen) atoms. The third-order valence-corrected chi connectivity index (χ3v) is 7.06. The first kappa shape index (κ1) is 18.1. The van der Waals surface area contributed by atoms with E-state index in [2.05, 4.69) is 19.8 Å². The van der Waals surface area contributed by atoms with E-state index in [1.807, 2.05) is 18.3 Å². The highest BCUT2D eigenvalue weighted by atomic mass is 35.5. The van der Waals surface area contributed by atoms with Crippen LogP contribution in [0, 0.1) is 6.92 Å². The highest BCUT2D eigenvalue weighted by molar-refractivity contribution is 7.92. The number of fused-ring (bicyclic) bond motifs is 1. The molecule has 1 aliphatic rings. The minimum absolute atomic E-state index is 0.0175. The van der Waals surface area contributed by atoms with Crippen LogP contribution in [0.4, 0.5) is 5.69 Å². The van der Waals surface area contributed by atoms with Gasteiger partial charge in [0, 0.05) is 19.2 Å². The lowest BCUT2D eigenvalue weighted by molar-refractivity contribution is 0.598. The first-order valence-corrected chi connectivity index (χ1v) is 10.6. The van der Waals surface area contributed by atoms with Crippen molar-refractivity contribution in [2.45, 2.75) is 37.0 Å². The Morgan fingerprint density at radius 3 is 2.85 bits per heavy atom. The van der Waals surface area contributed by atoms with Crippen molar-refractivity contribution in [2.24, 2.45) is 7.05 Å². The minimum atomic E-state index is -3.85. The number of sulfonamides is 1. The van der Waals surface area contributed by atoms with Crippen LogP contribution in [0.2, 0.25) is 5.15 Å². The molecular weight excluding hydrogens is 386 g/mol. The molecule has 7 nitrogen and oxygen atoms in total. The number of halogens is 1. The Morgan fingerprint density at radius 2 is 2.19 bits per heavy atom. The van der Waals surface area contributed by atoms with Gasteiger partial charge in [-0.15, -0.1) is 0 Å². The maximum absolute atomic E-state index is 13.0. The Labute approximate surface area is 162 Å². The third kappa shape index (κ3) is 3.12. The molecule has 4 rings (SSSR count). The lowest BCUT2D eigenvalue weighted by atomic mass is 9.80. The molecule has 0 bridgehead atoms. The van der Waals surface area contributed by atoms with Gasteiger partial charge in [-0.05, 0) is 43.4 Å². The van der Waals surface area contributed by atoms with Crippen LogP contribution < -0.4 is 4.72 Å². The van der Waals surface area contributed by atoms with Crippen molar-refractivity contribution in [3.05, 3.63) is 58.4 Å². The van der Waals surface area contributed by atoms with Crippen LogP contribution in [0.25, 0.3) is 0 Å². The number of imidazole rings is 1. The number of hydrogen-bond acceptors (Lipinski definition) is 4. The minimum Gasteiger partial charge on any atom is -0.351 e. The number of hydrogen-bond donors (Lipinski definition) is 2. The fourth-order valence-corrected chi connectivity index (χ4v) is 5.67. The van der Waals surface area contributed by atoms with Crippen LogP contribution in [0.5, 0.6) is 0 Å². The average molecular weight is 406 g/mol. The number of benzene rings is 1. The molecule has 1 aromatic carbocycles. The average Bonchev–Trinajstić information content (AvgIpc) is 3.23. The monoisotopic (exact) mass is 405 g/mol. The van der Waals surface area contributed by atoms with Gasteiger partial charge in [-0.1, -0.05) is 23.7 Å². The Hall–Kier alpha value is -2.32. The Balaban J connectivity index is 1.75. The topological polar surface area (TPSA) is 92.7 Å². The van der Waals surface area contributed by atoms with Crippen molar-refractivity contribution in [1.82, 2.24) is 19.7 Å². The predicted molar refractivity (Wildman–Crippen MR) is 104 cm³/mol. The van der Waals surface area contributed by atoms with E-state index in [1.54, 1.807) is 26.4 Å². The summed E-state index contributed by atoms with van der Waals surface area (Å²) in [6, 6.07) is 5.72. The van der Waals surface area contributed by atoms with Crippen LogP contribution in [-0.2, 0) is 23.5 Å². The Bertz CT molecular complexity index is 1090. The molecule has 0 fully saturated rings. The molecule has 0 saturated carbocycles. The van der Waals surface area contributed by atoms with E-state index in [0.29, 0.717) is 11.4 Å². The maximum Gasteiger partial charge on any atom is 0.266 e. The summed E-state index contributed by atoms with van der Waals surface area (Å²) < 4.78 is 30.1. The van der Waals surface area contributed by atoms with E-state index in [1.165, 1.54) is 4.68 Å². The van der Waals surface area contributed by atoms with Crippen LogP contribution in [0.3, 0.4) is 0 Å². The molecule has 2 heterocycles. The van der Waals surface area contributed by atoms with Gasteiger partial charge in [0.05, 0.1) is 23.4 Å². The molecule has 0 aliphatic heterocycles. The second kappa shape index (κ2) is 6.69. The molecule has 2 N–H and O–H groups in total. The maximum atomic E-state index is 13.0. The van der Waals surface area contributed by atoms with Crippen LogP contribution in [0.15, 0.2) is 35.6 Å². The van der Waals surface area contributed by atoms with Crippen LogP contribution >= 0.6 is 11.6 Å². The van der Waals surface area contributed by atoms with Crippen molar-refractivity contribution in [1.29, 1.82) is 0 Å². The summed E-state index contributed by atoms with van der Waals surface area (Å²) in [5.41, 5.74) is 4.06. The number of nitrogens with one attached hydrogen (secondary N) is 2. The van der Waals surface area contributed by atoms with Crippen molar-refractivity contribution in [3.8, 4) is 0 Å². The number of aromatic nitrogens is 4. The SMILES string of the molecule is Cc1nn(C)c(Cl)c1S(=O)(=O)Nc1cccc2c1CCCC2c1c[nH]cn1. The van der Waals surface area contributed by atoms with Gasteiger partial charge in [0.15, 0.2) is 0 Å². The van der Waals surface area contributed by atoms with Gasteiger partial charge in [0.25, 0.3) is 10.0 Å². The van der Waals surface area contributed by atoms with Gasteiger partial charge in [0.2, 0.25) is 0 Å². The zero-order valence-electron chi connectivity index (χ0n) is 15.0. The molecule has 0 saturated heterocycles. The van der Waals surface area contributed by atoms with Crippen LogP contribution in [-0.4, -0.2) is 28.2 Å². The summed E-state index contributed by atoms with van der Waals surface area (Å²) in [4.78, 5) is 7.41. The molecule has 142 valence electrons. The number of rotatable bonds is 4. The zero-order chi connectivity index (χ0) is 19.2. The summed E-state index contributed by atoms with van der Waals surface area (Å²) in [7, 11) is -2.23. The molecule has 1 atom stereocenters. The summed E-state index contributed by atoms with van der Waals surface area (Å²) in [5, 5.41) is 4.20. The summed E-state index contributed by atoms with van der Waals surface area (Å²) in [6.07, 6.45) is 6.34. The first-order chi connectivity index (χ1) is 12.9. The van der Waals surface area contributed by atoms with Gasteiger partial charge >= 0.3 is 0 Å². The molecular formula is C18H20ClN5O2S. The van der Waals surface area contributed by atoms with Gasteiger partial charge in [-0.25, -0.2) is 13.4 Å². The molecule has 0 radical (unpaired) electrons.